The van der Waals surface area contributed by atoms with E-state index in [1.54, 1.807) is 0 Å². The predicted octanol–water partition coefficient (Wildman–Crippen LogP) is 1.06. The fourth-order valence-electron chi connectivity index (χ4n) is 3.65. The Morgan fingerprint density at radius 1 is 1.38 bits per heavy atom. The zero-order valence-electron chi connectivity index (χ0n) is 15.7. The second-order valence-electron chi connectivity index (χ2n) is 7.65. The molecule has 2 aliphatic heterocycles. The maximum Gasteiger partial charge on any atom is 0.191 e. The Labute approximate surface area is 147 Å². The molecule has 0 aromatic heterocycles. The second kappa shape index (κ2) is 9.59. The van der Waals surface area contributed by atoms with Crippen molar-refractivity contribution in [3.8, 4) is 0 Å². The molecule has 2 saturated heterocycles. The molecular formula is C18H36N4O2. The maximum atomic E-state index is 9.32. The third-order valence-corrected chi connectivity index (χ3v) is 5.69. The average Bonchev–Trinajstić information content (AvgIpc) is 3.04. The summed E-state index contributed by atoms with van der Waals surface area (Å²) >= 11 is 0. The first-order valence-corrected chi connectivity index (χ1v) is 9.46. The van der Waals surface area contributed by atoms with Gasteiger partial charge in [-0.2, -0.15) is 0 Å². The van der Waals surface area contributed by atoms with Crippen molar-refractivity contribution in [2.24, 2.45) is 16.3 Å². The Morgan fingerprint density at radius 3 is 2.71 bits per heavy atom. The fourth-order valence-corrected chi connectivity index (χ4v) is 3.65. The third kappa shape index (κ3) is 5.60. The normalized spacial score (nSPS) is 28.1. The van der Waals surface area contributed by atoms with E-state index in [4.69, 9.17) is 4.74 Å². The zero-order chi connectivity index (χ0) is 17.4. The molecule has 140 valence electrons. The van der Waals surface area contributed by atoms with E-state index in [1.165, 1.54) is 25.9 Å². The molecule has 24 heavy (non-hydrogen) atoms. The van der Waals surface area contributed by atoms with Crippen LogP contribution in [0.2, 0.25) is 0 Å². The minimum Gasteiger partial charge on any atom is -0.396 e. The van der Waals surface area contributed by atoms with Gasteiger partial charge in [0.1, 0.15) is 0 Å². The molecule has 0 aromatic rings. The van der Waals surface area contributed by atoms with E-state index in [2.05, 4.69) is 34.4 Å². The summed E-state index contributed by atoms with van der Waals surface area (Å²) < 4.78 is 5.55. The minimum absolute atomic E-state index is 0.0427. The molecule has 0 bridgehead atoms. The molecule has 2 atom stereocenters. The van der Waals surface area contributed by atoms with Gasteiger partial charge in [0.05, 0.1) is 6.61 Å². The Morgan fingerprint density at radius 2 is 2.12 bits per heavy atom. The first kappa shape index (κ1) is 19.5. The molecular weight excluding hydrogens is 304 g/mol. The molecule has 6 nitrogen and oxygen atoms in total. The zero-order valence-corrected chi connectivity index (χ0v) is 15.7. The summed E-state index contributed by atoms with van der Waals surface area (Å²) in [6.45, 7) is 10.5. The van der Waals surface area contributed by atoms with Crippen LogP contribution < -0.4 is 10.6 Å². The minimum atomic E-state index is 0.0427. The van der Waals surface area contributed by atoms with E-state index >= 15 is 0 Å². The number of rotatable bonds is 7. The number of piperidine rings is 1. The van der Waals surface area contributed by atoms with Crippen molar-refractivity contribution < 1.29 is 9.84 Å². The van der Waals surface area contributed by atoms with Crippen LogP contribution in [0.15, 0.2) is 4.99 Å². The van der Waals surface area contributed by atoms with Crippen molar-refractivity contribution in [3.63, 3.8) is 0 Å². The molecule has 2 heterocycles. The highest BCUT2D eigenvalue weighted by atomic mass is 16.5. The molecule has 2 unspecified atom stereocenters. The molecule has 2 aliphatic rings. The van der Waals surface area contributed by atoms with Gasteiger partial charge in [-0.15, -0.1) is 0 Å². The Hall–Kier alpha value is -0.850. The van der Waals surface area contributed by atoms with Crippen LogP contribution >= 0.6 is 0 Å². The number of ether oxygens (including phenoxy) is 1. The van der Waals surface area contributed by atoms with E-state index in [0.717, 1.165) is 51.0 Å². The number of guanidine groups is 1. The highest BCUT2D eigenvalue weighted by molar-refractivity contribution is 5.79. The van der Waals surface area contributed by atoms with Gasteiger partial charge in [-0.25, -0.2) is 0 Å². The highest BCUT2D eigenvalue weighted by Crippen LogP contribution is 2.31. The van der Waals surface area contributed by atoms with E-state index in [0.29, 0.717) is 6.04 Å². The highest BCUT2D eigenvalue weighted by Gasteiger charge is 2.34. The van der Waals surface area contributed by atoms with Gasteiger partial charge >= 0.3 is 0 Å². The van der Waals surface area contributed by atoms with Crippen molar-refractivity contribution in [3.05, 3.63) is 0 Å². The Kier molecular flexibility index (Phi) is 7.78. The van der Waals surface area contributed by atoms with Gasteiger partial charge in [-0.3, -0.25) is 9.89 Å². The molecule has 6 heteroatoms. The van der Waals surface area contributed by atoms with Gasteiger partial charge in [0.2, 0.25) is 0 Å². The lowest BCUT2D eigenvalue weighted by Gasteiger charge is -2.35. The number of nitrogens with one attached hydrogen (secondary N) is 2. The number of hydrogen-bond acceptors (Lipinski definition) is 4. The maximum absolute atomic E-state index is 9.32. The van der Waals surface area contributed by atoms with Crippen LogP contribution in [0.3, 0.4) is 0 Å². The molecule has 0 radical (unpaired) electrons. The van der Waals surface area contributed by atoms with Gasteiger partial charge in [0.25, 0.3) is 0 Å². The molecule has 0 spiro atoms. The van der Waals surface area contributed by atoms with Gasteiger partial charge < -0.3 is 20.5 Å². The van der Waals surface area contributed by atoms with Gasteiger partial charge in [-0.05, 0) is 51.6 Å². The van der Waals surface area contributed by atoms with E-state index in [9.17, 15) is 5.11 Å². The lowest BCUT2D eigenvalue weighted by molar-refractivity contribution is 0.127. The summed E-state index contributed by atoms with van der Waals surface area (Å²) in [6.07, 6.45) is 4.39. The van der Waals surface area contributed by atoms with E-state index in [-0.39, 0.29) is 12.0 Å². The molecule has 0 saturated carbocycles. The number of aliphatic imine (C=N–C) groups is 1. The molecule has 0 aromatic carbocycles. The second-order valence-corrected chi connectivity index (χ2v) is 7.65. The lowest BCUT2D eigenvalue weighted by Crippen LogP contribution is -2.49. The molecule has 0 amide bonds. The summed E-state index contributed by atoms with van der Waals surface area (Å²) in [5, 5.41) is 16.2. The largest absolute Gasteiger partial charge is 0.396 e. The van der Waals surface area contributed by atoms with Crippen molar-refractivity contribution in [1.82, 2.24) is 15.5 Å². The first-order chi connectivity index (χ1) is 11.6. The van der Waals surface area contributed by atoms with Crippen molar-refractivity contribution in [2.45, 2.75) is 45.6 Å². The number of nitrogens with zero attached hydrogens (tertiary/aromatic N) is 2. The summed E-state index contributed by atoms with van der Waals surface area (Å²) in [6, 6.07) is 0.511. The van der Waals surface area contributed by atoms with Crippen LogP contribution in [0.5, 0.6) is 0 Å². The summed E-state index contributed by atoms with van der Waals surface area (Å²) in [5.74, 6) is 1.71. The van der Waals surface area contributed by atoms with Gasteiger partial charge in [0, 0.05) is 44.8 Å². The van der Waals surface area contributed by atoms with Crippen LogP contribution in [0.1, 0.15) is 39.5 Å². The van der Waals surface area contributed by atoms with Crippen LogP contribution in [0.4, 0.5) is 0 Å². The van der Waals surface area contributed by atoms with Crippen LogP contribution in [-0.4, -0.2) is 75.1 Å². The average molecular weight is 341 g/mol. The Balaban J connectivity index is 1.73. The van der Waals surface area contributed by atoms with Crippen molar-refractivity contribution in [1.29, 1.82) is 0 Å². The van der Waals surface area contributed by atoms with E-state index in [1.807, 2.05) is 7.05 Å². The van der Waals surface area contributed by atoms with Crippen molar-refractivity contribution in [2.75, 3.05) is 53.0 Å². The summed E-state index contributed by atoms with van der Waals surface area (Å²) in [7, 11) is 1.81. The van der Waals surface area contributed by atoms with E-state index < -0.39 is 0 Å². The topological polar surface area (TPSA) is 69.1 Å². The third-order valence-electron chi connectivity index (χ3n) is 5.69. The van der Waals surface area contributed by atoms with Crippen LogP contribution in [0.25, 0.3) is 0 Å². The van der Waals surface area contributed by atoms with Gasteiger partial charge in [0.15, 0.2) is 5.96 Å². The quantitative estimate of drug-likeness (QED) is 0.478. The molecule has 2 fully saturated rings. The molecule has 2 rings (SSSR count). The lowest BCUT2D eigenvalue weighted by atomic mass is 9.84. The van der Waals surface area contributed by atoms with Crippen molar-refractivity contribution >= 4 is 5.96 Å². The molecule has 0 aliphatic carbocycles. The summed E-state index contributed by atoms with van der Waals surface area (Å²) in [5.41, 5.74) is 0.0427. The SMILES string of the molecule is CN=C(NCC(C)N1CCC(C)CC1)NCC1(CCO)CCOC1. The number of aliphatic hydroxyl groups excluding tert-OH is 1. The predicted molar refractivity (Wildman–Crippen MR) is 98.4 cm³/mol. The number of likely N-dealkylation sites (tertiary alicyclic amines) is 1. The number of aliphatic hydroxyl groups is 1. The smallest absolute Gasteiger partial charge is 0.191 e. The van der Waals surface area contributed by atoms with Crippen LogP contribution in [-0.2, 0) is 4.74 Å². The Bertz CT molecular complexity index is 388. The monoisotopic (exact) mass is 340 g/mol. The standard InChI is InChI=1S/C18H36N4O2/c1-15-4-8-22(9-5-15)16(2)12-20-17(19-3)21-13-18(6-10-23)7-11-24-14-18/h15-16,23H,4-14H2,1-3H3,(H2,19,20,21). The fraction of sp³-hybridized carbons (Fsp3) is 0.944. The molecule has 3 N–H and O–H groups in total. The number of hydrogen-bond donors (Lipinski definition) is 3. The van der Waals surface area contributed by atoms with Gasteiger partial charge in [-0.1, -0.05) is 6.92 Å². The first-order valence-electron chi connectivity index (χ1n) is 9.46. The van der Waals surface area contributed by atoms with Crippen LogP contribution in [0, 0.1) is 11.3 Å². The summed E-state index contributed by atoms with van der Waals surface area (Å²) in [4.78, 5) is 6.91.